The van der Waals surface area contributed by atoms with Crippen LogP contribution in [0.4, 0.5) is 5.69 Å². The summed E-state index contributed by atoms with van der Waals surface area (Å²) < 4.78 is 47.8. The van der Waals surface area contributed by atoms with Crippen LogP contribution in [0.1, 0.15) is 73.9 Å². The number of amides is 1. The van der Waals surface area contributed by atoms with Crippen molar-refractivity contribution in [3.63, 3.8) is 0 Å². The lowest BCUT2D eigenvalue weighted by molar-refractivity contribution is -0.132. The Morgan fingerprint density at radius 2 is 1.98 bits per heavy atom. The summed E-state index contributed by atoms with van der Waals surface area (Å²) in [5.41, 5.74) is 2.34. The summed E-state index contributed by atoms with van der Waals surface area (Å²) >= 11 is 6.45. The van der Waals surface area contributed by atoms with Crippen LogP contribution < -0.4 is 14.4 Å². The fourth-order valence-corrected chi connectivity index (χ4v) is 9.99. The van der Waals surface area contributed by atoms with Gasteiger partial charge in [0.05, 0.1) is 29.6 Å². The molecular formula is C37H44ClN3O7S. The number of hydrogen-bond donors (Lipinski definition) is 1. The van der Waals surface area contributed by atoms with Crippen molar-refractivity contribution in [3.8, 4) is 5.75 Å². The highest BCUT2D eigenvalue weighted by Crippen LogP contribution is 2.50. The maximum Gasteiger partial charge on any atom is 0.334 e. The van der Waals surface area contributed by atoms with Gasteiger partial charge < -0.3 is 19.1 Å². The predicted octanol–water partition coefficient (Wildman–Crippen LogP) is 5.61. The van der Waals surface area contributed by atoms with E-state index in [0.29, 0.717) is 49.2 Å². The second kappa shape index (κ2) is 13.0. The molecule has 5 aliphatic rings. The number of allylic oxidation sites excluding steroid dienone is 1. The van der Waals surface area contributed by atoms with Crippen LogP contribution in [0.3, 0.4) is 0 Å². The number of methoxy groups -OCH3 is 1. The molecule has 6 atom stereocenters. The maximum absolute atomic E-state index is 13.5. The van der Waals surface area contributed by atoms with E-state index in [4.69, 9.17) is 25.8 Å². The normalized spacial score (nSPS) is 33.1. The number of anilines is 1. The van der Waals surface area contributed by atoms with Gasteiger partial charge in [-0.05, 0) is 105 Å². The number of carbonyl (C=O) groups is 2. The number of hydrogen-bond acceptors (Lipinski definition) is 9. The number of nitrogens with one attached hydrogen (secondary N) is 1. The van der Waals surface area contributed by atoms with Crippen molar-refractivity contribution in [2.24, 2.45) is 22.7 Å². The summed E-state index contributed by atoms with van der Waals surface area (Å²) in [5.74, 6) is -0.0710. The first-order valence-corrected chi connectivity index (χ1v) is 19.2. The van der Waals surface area contributed by atoms with Gasteiger partial charge in [0.2, 0.25) is 10.0 Å². The molecule has 2 bridgehead atoms. The number of fused-ring (bicyclic) bond motifs is 4. The largest absolute Gasteiger partial charge is 0.490 e. The summed E-state index contributed by atoms with van der Waals surface area (Å²) in [6, 6.07) is 11.3. The van der Waals surface area contributed by atoms with Crippen LogP contribution in [-0.4, -0.2) is 70.4 Å². The van der Waals surface area contributed by atoms with Crippen LogP contribution in [0.2, 0.25) is 5.02 Å². The van der Waals surface area contributed by atoms with Gasteiger partial charge in [0.1, 0.15) is 12.3 Å². The van der Waals surface area contributed by atoms with Gasteiger partial charge in [-0.25, -0.2) is 22.9 Å². The van der Waals surface area contributed by atoms with Gasteiger partial charge in [0.25, 0.3) is 5.91 Å². The van der Waals surface area contributed by atoms with Crippen molar-refractivity contribution in [1.82, 2.24) is 4.72 Å². The van der Waals surface area contributed by atoms with Gasteiger partial charge >= 0.3 is 5.97 Å². The first kappa shape index (κ1) is 34.1. The van der Waals surface area contributed by atoms with Crippen LogP contribution in [0.5, 0.6) is 5.75 Å². The molecule has 3 aliphatic heterocycles. The Bertz CT molecular complexity index is 1830. The average Bonchev–Trinajstić information content (AvgIpc) is 3.40. The van der Waals surface area contributed by atoms with Gasteiger partial charge in [-0.3, -0.25) is 4.79 Å². The van der Waals surface area contributed by atoms with Crippen molar-refractivity contribution in [1.29, 1.82) is 0 Å². The highest BCUT2D eigenvalue weighted by molar-refractivity contribution is 7.90. The first-order valence-electron chi connectivity index (χ1n) is 17.3. The number of nitrogens with zero attached hydrogens (tertiary/aromatic N) is 2. The minimum Gasteiger partial charge on any atom is -0.490 e. The van der Waals surface area contributed by atoms with E-state index in [-0.39, 0.29) is 41.2 Å². The molecule has 0 radical (unpaired) electrons. The van der Waals surface area contributed by atoms with Gasteiger partial charge in [-0.15, -0.1) is 0 Å². The van der Waals surface area contributed by atoms with E-state index in [1.165, 1.54) is 11.1 Å². The van der Waals surface area contributed by atoms with Gasteiger partial charge in [-0.1, -0.05) is 36.7 Å². The Morgan fingerprint density at radius 3 is 2.71 bits per heavy atom. The molecule has 3 heterocycles. The number of esters is 1. The molecular weight excluding hydrogens is 666 g/mol. The molecule has 1 amide bonds. The molecule has 1 saturated carbocycles. The van der Waals surface area contributed by atoms with Crippen molar-refractivity contribution in [2.75, 3.05) is 38.3 Å². The quantitative estimate of drug-likeness (QED) is 0.322. The maximum atomic E-state index is 13.5. The molecule has 10 nitrogen and oxygen atoms in total. The monoisotopic (exact) mass is 709 g/mol. The van der Waals surface area contributed by atoms with Crippen molar-refractivity contribution in [3.05, 3.63) is 70.3 Å². The molecule has 1 spiro atoms. The predicted molar refractivity (Wildman–Crippen MR) is 188 cm³/mol. The number of cyclic esters (lactones) is 1. The average molecular weight is 710 g/mol. The fourth-order valence-electron chi connectivity index (χ4n) is 8.51. The molecule has 262 valence electrons. The third-order valence-electron chi connectivity index (χ3n) is 11.7. The second-order valence-electron chi connectivity index (χ2n) is 14.5. The van der Waals surface area contributed by atoms with Crippen molar-refractivity contribution >= 4 is 45.1 Å². The van der Waals surface area contributed by atoms with E-state index in [9.17, 15) is 18.0 Å². The van der Waals surface area contributed by atoms with E-state index in [0.717, 1.165) is 37.8 Å². The molecule has 7 rings (SSSR count). The number of aryl methyl sites for hydroxylation is 1. The third-order valence-corrected chi connectivity index (χ3v) is 13.8. The lowest BCUT2D eigenvalue weighted by Gasteiger charge is -2.50. The molecule has 49 heavy (non-hydrogen) atoms. The minimum atomic E-state index is -4.00. The van der Waals surface area contributed by atoms with Crippen LogP contribution in [0, 0.1) is 17.8 Å². The Hall–Kier alpha value is -3.41. The highest BCUT2D eigenvalue weighted by atomic mass is 35.5. The van der Waals surface area contributed by atoms with Crippen LogP contribution >= 0.6 is 11.6 Å². The number of rotatable bonds is 3. The summed E-state index contributed by atoms with van der Waals surface area (Å²) in [4.78, 5) is 32.3. The molecule has 0 aromatic heterocycles. The summed E-state index contributed by atoms with van der Waals surface area (Å²) in [7, 11) is -2.32. The fraction of sp³-hybridized carbons (Fsp3) is 0.541. The zero-order chi connectivity index (χ0) is 34.6. The van der Waals surface area contributed by atoms with Crippen LogP contribution in [-0.2, 0) is 36.1 Å². The van der Waals surface area contributed by atoms with E-state index in [2.05, 4.69) is 26.7 Å². The summed E-state index contributed by atoms with van der Waals surface area (Å²) in [6.45, 7) is 5.24. The number of sulfonamides is 1. The molecule has 2 aliphatic carbocycles. The molecule has 2 aromatic rings. The third kappa shape index (κ3) is 6.38. The SMILES string of the molecule is CO[C@@]1(CC2=NCC(=O)O2)/C=C/C[C@H](C)[C@@H](C)S(=O)(=O)NC(=O)c2ccc3c(c2)N(C[C@@H]2CC[C@H]21)C[C@@]1(CCCc2cc(Cl)ccc21)CO3. The summed E-state index contributed by atoms with van der Waals surface area (Å²) in [6.07, 6.45) is 9.48. The topological polar surface area (TPSA) is 124 Å². The van der Waals surface area contributed by atoms with Gasteiger partial charge in [0.15, 0.2) is 5.90 Å². The van der Waals surface area contributed by atoms with Gasteiger partial charge in [0, 0.05) is 36.2 Å². The number of benzene rings is 2. The molecule has 0 unspecified atom stereocenters. The lowest BCUT2D eigenvalue weighted by Crippen LogP contribution is -2.53. The Kier molecular flexibility index (Phi) is 9.07. The van der Waals surface area contributed by atoms with Crippen molar-refractivity contribution in [2.45, 2.75) is 75.1 Å². The number of ether oxygens (including phenoxy) is 3. The Labute approximate surface area is 293 Å². The molecule has 1 N–H and O–H groups in total. The molecule has 0 saturated heterocycles. The van der Waals surface area contributed by atoms with E-state index < -0.39 is 26.8 Å². The number of aliphatic imine (C=N–C) groups is 1. The molecule has 12 heteroatoms. The zero-order valence-electron chi connectivity index (χ0n) is 28.2. The van der Waals surface area contributed by atoms with Crippen LogP contribution in [0.25, 0.3) is 0 Å². The highest BCUT2D eigenvalue weighted by Gasteiger charge is 2.50. The lowest BCUT2D eigenvalue weighted by atomic mass is 9.63. The standard InChI is InChI=1S/C37H44ClN3O7S/c1-23-6-4-15-37(46-3,18-33-39-19-34(42)48-33)30-11-8-27(30)20-41-21-36(14-5-7-25-16-28(38)10-12-29(25)36)22-47-32-13-9-26(17-31(32)41)35(43)40-49(44,45)24(23)2/h4,9-10,12-13,15-17,23-24,27,30H,5-8,11,14,18-22H2,1-3H3,(H,40,43)/b15-4+/t23-,24+,27-,30+,36-,37+/m0/s1. The number of carbonyl (C=O) groups excluding carboxylic acids is 2. The molecule has 1 fully saturated rings. The Balaban J connectivity index is 1.33. The second-order valence-corrected chi connectivity index (χ2v) is 17.0. The summed E-state index contributed by atoms with van der Waals surface area (Å²) in [5, 5.41) is -0.130. The minimum absolute atomic E-state index is 0.00721. The number of halogens is 1. The van der Waals surface area contributed by atoms with Crippen molar-refractivity contribution < 1.29 is 32.2 Å². The van der Waals surface area contributed by atoms with Gasteiger partial charge in [-0.2, -0.15) is 0 Å². The molecule has 2 aromatic carbocycles. The first-order chi connectivity index (χ1) is 23.4. The Morgan fingerprint density at radius 1 is 1.14 bits per heavy atom. The van der Waals surface area contributed by atoms with E-state index in [1.54, 1.807) is 32.2 Å². The van der Waals surface area contributed by atoms with E-state index in [1.807, 2.05) is 25.1 Å². The van der Waals surface area contributed by atoms with E-state index >= 15 is 0 Å². The smallest absolute Gasteiger partial charge is 0.334 e. The van der Waals surface area contributed by atoms with Crippen LogP contribution in [0.15, 0.2) is 53.5 Å². The zero-order valence-corrected chi connectivity index (χ0v) is 29.8.